The maximum atomic E-state index is 13.8. The van der Waals surface area contributed by atoms with Crippen LogP contribution in [-0.4, -0.2) is 48.0 Å². The van der Waals surface area contributed by atoms with E-state index in [1.807, 2.05) is 0 Å². The van der Waals surface area contributed by atoms with Gasteiger partial charge in [0.25, 0.3) is 5.92 Å². The van der Waals surface area contributed by atoms with Gasteiger partial charge in [-0.3, -0.25) is 4.90 Å². The molecule has 5 heteroatoms. The zero-order valence-electron chi connectivity index (χ0n) is 9.52. The van der Waals surface area contributed by atoms with Crippen molar-refractivity contribution in [2.45, 2.75) is 5.92 Å². The van der Waals surface area contributed by atoms with Crippen molar-refractivity contribution in [2.24, 2.45) is 0 Å². The first-order valence-corrected chi connectivity index (χ1v) is 5.47. The van der Waals surface area contributed by atoms with E-state index < -0.39 is 12.5 Å². The molecule has 3 nitrogen and oxygen atoms in total. The van der Waals surface area contributed by atoms with Gasteiger partial charge in [-0.1, -0.05) is 30.3 Å². The number of rotatable bonds is 7. The van der Waals surface area contributed by atoms with E-state index in [9.17, 15) is 8.78 Å². The van der Waals surface area contributed by atoms with E-state index in [0.717, 1.165) is 0 Å². The SMILES string of the molecule is OCCN(CCO)CC(F)(F)c1ccccc1. The van der Waals surface area contributed by atoms with Gasteiger partial charge < -0.3 is 10.2 Å². The predicted octanol–water partition coefficient (Wildman–Crippen LogP) is 1.07. The number of nitrogens with zero attached hydrogens (tertiary/aromatic N) is 1. The van der Waals surface area contributed by atoms with Crippen molar-refractivity contribution >= 4 is 0 Å². The summed E-state index contributed by atoms with van der Waals surface area (Å²) in [6.45, 7) is -0.653. The molecule has 0 aliphatic rings. The fraction of sp³-hybridized carbons (Fsp3) is 0.500. The Morgan fingerprint density at radius 3 is 2.00 bits per heavy atom. The number of hydrogen-bond donors (Lipinski definition) is 2. The van der Waals surface area contributed by atoms with E-state index in [1.54, 1.807) is 18.2 Å². The predicted molar refractivity (Wildman–Crippen MR) is 60.9 cm³/mol. The van der Waals surface area contributed by atoms with Crippen LogP contribution in [0.1, 0.15) is 5.56 Å². The molecule has 17 heavy (non-hydrogen) atoms. The summed E-state index contributed by atoms with van der Waals surface area (Å²) >= 11 is 0. The van der Waals surface area contributed by atoms with Crippen molar-refractivity contribution in [3.63, 3.8) is 0 Å². The van der Waals surface area contributed by atoms with E-state index in [4.69, 9.17) is 10.2 Å². The summed E-state index contributed by atoms with van der Waals surface area (Å²) in [5.41, 5.74) is -0.0547. The number of alkyl halides is 2. The first-order chi connectivity index (χ1) is 8.10. The average Bonchev–Trinajstić information content (AvgIpc) is 2.30. The average molecular weight is 245 g/mol. The van der Waals surface area contributed by atoms with Crippen LogP contribution in [0.3, 0.4) is 0 Å². The molecule has 0 heterocycles. The van der Waals surface area contributed by atoms with Gasteiger partial charge in [-0.25, -0.2) is 0 Å². The van der Waals surface area contributed by atoms with Gasteiger partial charge >= 0.3 is 0 Å². The van der Waals surface area contributed by atoms with Crippen LogP contribution in [0.5, 0.6) is 0 Å². The molecule has 0 bridgehead atoms. The van der Waals surface area contributed by atoms with Crippen LogP contribution in [0, 0.1) is 0 Å². The second-order valence-corrected chi connectivity index (χ2v) is 3.79. The summed E-state index contributed by atoms with van der Waals surface area (Å²) in [5.74, 6) is -2.98. The van der Waals surface area contributed by atoms with Gasteiger partial charge in [0.1, 0.15) is 0 Å². The molecule has 0 radical (unpaired) electrons. The van der Waals surface area contributed by atoms with Gasteiger partial charge in [0.2, 0.25) is 0 Å². The number of hydrogen-bond acceptors (Lipinski definition) is 3. The molecule has 0 amide bonds. The minimum absolute atomic E-state index is 0.0547. The molecule has 0 fully saturated rings. The fourth-order valence-corrected chi connectivity index (χ4v) is 1.61. The number of aliphatic hydroxyl groups is 2. The molecule has 0 unspecified atom stereocenters. The molecule has 96 valence electrons. The standard InChI is InChI=1S/C12H17F2NO2/c13-12(14,11-4-2-1-3-5-11)10-15(6-8-16)7-9-17/h1-5,16-17H,6-10H2. The molecule has 1 rings (SSSR count). The van der Waals surface area contributed by atoms with E-state index in [2.05, 4.69) is 0 Å². The second kappa shape index (κ2) is 6.64. The normalized spacial score (nSPS) is 12.1. The third-order valence-electron chi connectivity index (χ3n) is 2.45. The van der Waals surface area contributed by atoms with Crippen LogP contribution >= 0.6 is 0 Å². The highest BCUT2D eigenvalue weighted by atomic mass is 19.3. The maximum Gasteiger partial charge on any atom is 0.285 e. The molecule has 1 aromatic carbocycles. The summed E-state index contributed by atoms with van der Waals surface area (Å²) < 4.78 is 27.7. The Morgan fingerprint density at radius 1 is 1.00 bits per heavy atom. The maximum absolute atomic E-state index is 13.8. The molecule has 0 aliphatic carbocycles. The first-order valence-electron chi connectivity index (χ1n) is 5.47. The molecule has 0 atom stereocenters. The summed E-state index contributed by atoms with van der Waals surface area (Å²) in [5, 5.41) is 17.5. The van der Waals surface area contributed by atoms with Gasteiger partial charge in [-0.2, -0.15) is 8.78 Å². The Bertz CT molecular complexity index is 314. The Morgan fingerprint density at radius 2 is 1.53 bits per heavy atom. The first kappa shape index (κ1) is 14.0. The lowest BCUT2D eigenvalue weighted by molar-refractivity contribution is -0.0429. The summed E-state index contributed by atoms with van der Waals surface area (Å²) in [7, 11) is 0. The van der Waals surface area contributed by atoms with E-state index in [-0.39, 0.29) is 31.9 Å². The number of aliphatic hydroxyl groups excluding tert-OH is 2. The van der Waals surface area contributed by atoms with Gasteiger partial charge in [-0.15, -0.1) is 0 Å². The molecule has 0 saturated carbocycles. The van der Waals surface area contributed by atoms with Crippen molar-refractivity contribution in [3.05, 3.63) is 35.9 Å². The van der Waals surface area contributed by atoms with Crippen molar-refractivity contribution < 1.29 is 19.0 Å². The van der Waals surface area contributed by atoms with Crippen molar-refractivity contribution in [3.8, 4) is 0 Å². The van der Waals surface area contributed by atoms with Crippen molar-refractivity contribution in [1.29, 1.82) is 0 Å². The monoisotopic (exact) mass is 245 g/mol. The van der Waals surface area contributed by atoms with Gasteiger partial charge in [-0.05, 0) is 0 Å². The smallest absolute Gasteiger partial charge is 0.285 e. The molecule has 0 spiro atoms. The minimum Gasteiger partial charge on any atom is -0.395 e. The highest BCUT2D eigenvalue weighted by Crippen LogP contribution is 2.28. The van der Waals surface area contributed by atoms with Crippen LogP contribution in [-0.2, 0) is 5.92 Å². The Labute approximate surface area is 99.3 Å². The largest absolute Gasteiger partial charge is 0.395 e. The topological polar surface area (TPSA) is 43.7 Å². The van der Waals surface area contributed by atoms with Crippen molar-refractivity contribution in [2.75, 3.05) is 32.8 Å². The molecule has 0 saturated heterocycles. The molecule has 0 aromatic heterocycles. The lowest BCUT2D eigenvalue weighted by Gasteiger charge is -2.26. The van der Waals surface area contributed by atoms with Crippen molar-refractivity contribution in [1.82, 2.24) is 4.90 Å². The van der Waals surface area contributed by atoms with E-state index in [0.29, 0.717) is 0 Å². The van der Waals surface area contributed by atoms with Crippen LogP contribution in [0.25, 0.3) is 0 Å². The lowest BCUT2D eigenvalue weighted by Crippen LogP contribution is -2.38. The molecule has 2 N–H and O–H groups in total. The highest BCUT2D eigenvalue weighted by molar-refractivity contribution is 5.20. The quantitative estimate of drug-likeness (QED) is 0.755. The third kappa shape index (κ3) is 4.38. The number of benzene rings is 1. The minimum atomic E-state index is -2.98. The van der Waals surface area contributed by atoms with Crippen LogP contribution in [0.4, 0.5) is 8.78 Å². The van der Waals surface area contributed by atoms with Crippen LogP contribution < -0.4 is 0 Å². The summed E-state index contributed by atoms with van der Waals surface area (Å²) in [6, 6.07) is 7.54. The molecular formula is C12H17F2NO2. The molecule has 0 aliphatic heterocycles. The van der Waals surface area contributed by atoms with Crippen LogP contribution in [0.2, 0.25) is 0 Å². The van der Waals surface area contributed by atoms with E-state index >= 15 is 0 Å². The van der Waals surface area contributed by atoms with Gasteiger partial charge in [0.15, 0.2) is 0 Å². The fourth-order valence-electron chi connectivity index (χ4n) is 1.61. The Balaban J connectivity index is 2.69. The molecule has 1 aromatic rings. The van der Waals surface area contributed by atoms with Crippen LogP contribution in [0.15, 0.2) is 30.3 Å². The summed E-state index contributed by atoms with van der Waals surface area (Å²) in [4.78, 5) is 1.34. The molecular weight excluding hydrogens is 228 g/mol. The Hall–Kier alpha value is -1.04. The Kier molecular flexibility index (Phi) is 5.47. The van der Waals surface area contributed by atoms with Gasteiger partial charge in [0.05, 0.1) is 19.8 Å². The third-order valence-corrected chi connectivity index (χ3v) is 2.45. The lowest BCUT2D eigenvalue weighted by atomic mass is 10.1. The number of halogens is 2. The zero-order chi connectivity index (χ0) is 12.7. The summed E-state index contributed by atoms with van der Waals surface area (Å²) in [6.07, 6.45) is 0. The van der Waals surface area contributed by atoms with Gasteiger partial charge in [0, 0.05) is 18.7 Å². The second-order valence-electron chi connectivity index (χ2n) is 3.79. The van der Waals surface area contributed by atoms with E-state index in [1.165, 1.54) is 17.0 Å². The highest BCUT2D eigenvalue weighted by Gasteiger charge is 2.33. The zero-order valence-corrected chi connectivity index (χ0v) is 9.52.